The van der Waals surface area contributed by atoms with Gasteiger partial charge in [0.15, 0.2) is 0 Å². The third-order valence-corrected chi connectivity index (χ3v) is 4.38. The van der Waals surface area contributed by atoms with Gasteiger partial charge in [0.2, 0.25) is 0 Å². The smallest absolute Gasteiger partial charge is 0.123 e. The Balaban J connectivity index is 3.26. The highest BCUT2D eigenvalue weighted by atomic mass is 16.3. The molecule has 0 spiro atoms. The van der Waals surface area contributed by atoms with Crippen LogP contribution in [0, 0.1) is 0 Å². The van der Waals surface area contributed by atoms with Gasteiger partial charge in [-0.3, -0.25) is 0 Å². The first-order valence-corrected chi connectivity index (χ1v) is 9.29. The van der Waals surface area contributed by atoms with Crippen molar-refractivity contribution in [3.05, 3.63) is 34.4 Å². The molecule has 0 unspecified atom stereocenters. The van der Waals surface area contributed by atoms with Crippen LogP contribution in [-0.4, -0.2) is 0 Å². The molecule has 22 heavy (non-hydrogen) atoms. The van der Waals surface area contributed by atoms with Gasteiger partial charge in [-0.2, -0.15) is 0 Å². The molecule has 0 aliphatic rings. The lowest BCUT2D eigenvalue weighted by Crippen LogP contribution is -2.20. The average Bonchev–Trinajstić information content (AvgIpc) is 2.47. The van der Waals surface area contributed by atoms with E-state index in [9.17, 15) is 5.11 Å². The van der Waals surface area contributed by atoms with Crippen LogP contribution in [0.5, 0.6) is 0 Å². The van der Waals surface area contributed by atoms with Gasteiger partial charge in [0.05, 0.1) is 0 Å². The second-order valence-electron chi connectivity index (χ2n) is 7.11. The Morgan fingerprint density at radius 1 is 0.773 bits per heavy atom. The van der Waals surface area contributed by atoms with Crippen LogP contribution in [-0.2, 0) is 30.0 Å². The topological polar surface area (TPSA) is 19.9 Å². The quantitative estimate of drug-likeness (QED) is 0.478. The van der Waals surface area contributed by atoms with E-state index in [2.05, 4.69) is 32.9 Å². The van der Waals surface area contributed by atoms with Gasteiger partial charge in [0, 0.05) is 0 Å². The van der Waals surface area contributed by atoms with Crippen molar-refractivity contribution in [2.75, 3.05) is 0 Å². The highest BCUT2D eigenvalue weighted by molar-refractivity contribution is 5.43. The first kappa shape index (κ1) is 19.2. The molecule has 0 saturated carbocycles. The highest BCUT2D eigenvalue weighted by Crippen LogP contribution is 2.32. The third-order valence-electron chi connectivity index (χ3n) is 4.38. The van der Waals surface area contributed by atoms with Crippen molar-refractivity contribution in [1.82, 2.24) is 0 Å². The molecular formula is C21H35O. The van der Waals surface area contributed by atoms with Gasteiger partial charge in [-0.25, -0.2) is 5.11 Å². The molecule has 1 aromatic rings. The molecule has 0 fully saturated rings. The predicted molar refractivity (Wildman–Crippen MR) is 96.0 cm³/mol. The number of unbranched alkanes of at least 4 members (excludes halogenated alkanes) is 3. The minimum Gasteiger partial charge on any atom is -0.225 e. The lowest BCUT2D eigenvalue weighted by atomic mass is 9.83. The standard InChI is InChI=1S/C21H35O/c1-6-9-12-17-15-18(13-10-7-2)20(21(4,5)22)19(16-17)14-11-8-3/h15-16H,6-14H2,1-5H3. The van der Waals surface area contributed by atoms with Crippen LogP contribution in [0.4, 0.5) is 0 Å². The molecule has 0 N–H and O–H groups in total. The minimum absolute atomic E-state index is 0.991. The Morgan fingerprint density at radius 3 is 1.55 bits per heavy atom. The van der Waals surface area contributed by atoms with Gasteiger partial charge in [-0.15, -0.1) is 0 Å². The van der Waals surface area contributed by atoms with E-state index in [-0.39, 0.29) is 0 Å². The molecule has 0 aliphatic carbocycles. The molecule has 0 amide bonds. The van der Waals surface area contributed by atoms with E-state index in [0.717, 1.165) is 24.8 Å². The summed E-state index contributed by atoms with van der Waals surface area (Å²) in [5, 5.41) is 12.8. The van der Waals surface area contributed by atoms with E-state index in [0.29, 0.717) is 0 Å². The van der Waals surface area contributed by atoms with Gasteiger partial charge in [0.1, 0.15) is 5.60 Å². The van der Waals surface area contributed by atoms with Gasteiger partial charge in [-0.05, 0) is 74.6 Å². The van der Waals surface area contributed by atoms with Crippen molar-refractivity contribution in [1.29, 1.82) is 0 Å². The first-order chi connectivity index (χ1) is 10.4. The van der Waals surface area contributed by atoms with Crippen molar-refractivity contribution in [2.45, 2.75) is 98.0 Å². The Morgan fingerprint density at radius 2 is 1.18 bits per heavy atom. The zero-order chi connectivity index (χ0) is 16.6. The second kappa shape index (κ2) is 9.35. The van der Waals surface area contributed by atoms with Gasteiger partial charge in [-0.1, -0.05) is 52.2 Å². The summed E-state index contributed by atoms with van der Waals surface area (Å²) in [4.78, 5) is 0. The van der Waals surface area contributed by atoms with Crippen LogP contribution in [0.2, 0.25) is 0 Å². The summed E-state index contributed by atoms with van der Waals surface area (Å²) in [6.45, 7) is 10.4. The zero-order valence-corrected chi connectivity index (χ0v) is 15.4. The SMILES string of the molecule is CCCCc1cc(CCCC)c(C(C)(C)[O])c(CCCC)c1. The molecule has 0 heterocycles. The maximum Gasteiger partial charge on any atom is 0.123 e. The normalized spacial score (nSPS) is 11.9. The molecule has 0 aromatic heterocycles. The molecule has 1 heteroatoms. The molecule has 0 saturated heterocycles. The molecular weight excluding hydrogens is 268 g/mol. The van der Waals surface area contributed by atoms with Crippen LogP contribution in [0.15, 0.2) is 12.1 Å². The van der Waals surface area contributed by atoms with Crippen LogP contribution in [0.3, 0.4) is 0 Å². The van der Waals surface area contributed by atoms with Crippen molar-refractivity contribution in [3.8, 4) is 0 Å². The van der Waals surface area contributed by atoms with E-state index >= 15 is 0 Å². The van der Waals surface area contributed by atoms with Crippen molar-refractivity contribution < 1.29 is 5.11 Å². The molecule has 1 nitrogen and oxygen atoms in total. The lowest BCUT2D eigenvalue weighted by molar-refractivity contribution is -0.00164. The fourth-order valence-corrected chi connectivity index (χ4v) is 3.27. The first-order valence-electron chi connectivity index (χ1n) is 9.29. The molecule has 1 radical (unpaired) electrons. The van der Waals surface area contributed by atoms with Crippen LogP contribution >= 0.6 is 0 Å². The van der Waals surface area contributed by atoms with E-state index in [4.69, 9.17) is 0 Å². The molecule has 0 bridgehead atoms. The fourth-order valence-electron chi connectivity index (χ4n) is 3.27. The fraction of sp³-hybridized carbons (Fsp3) is 0.714. The number of rotatable bonds is 10. The van der Waals surface area contributed by atoms with Crippen molar-refractivity contribution in [3.63, 3.8) is 0 Å². The van der Waals surface area contributed by atoms with Gasteiger partial charge in [0.25, 0.3) is 0 Å². The highest BCUT2D eigenvalue weighted by Gasteiger charge is 2.25. The summed E-state index contributed by atoms with van der Waals surface area (Å²) in [5.41, 5.74) is 4.18. The van der Waals surface area contributed by atoms with Crippen molar-refractivity contribution in [2.24, 2.45) is 0 Å². The second-order valence-corrected chi connectivity index (χ2v) is 7.11. The van der Waals surface area contributed by atoms with Crippen LogP contribution in [0.1, 0.15) is 95.4 Å². The van der Waals surface area contributed by atoms with E-state index in [1.54, 1.807) is 0 Å². The lowest BCUT2D eigenvalue weighted by Gasteiger charge is -2.25. The van der Waals surface area contributed by atoms with Crippen LogP contribution in [0.25, 0.3) is 0 Å². The number of hydrogen-bond acceptors (Lipinski definition) is 0. The summed E-state index contributed by atoms with van der Waals surface area (Å²) in [5.74, 6) is 0. The Labute approximate surface area is 138 Å². The largest absolute Gasteiger partial charge is 0.225 e. The number of benzene rings is 1. The van der Waals surface area contributed by atoms with Gasteiger partial charge < -0.3 is 0 Å². The Hall–Kier alpha value is -0.820. The van der Waals surface area contributed by atoms with E-state index in [1.807, 2.05) is 13.8 Å². The van der Waals surface area contributed by atoms with E-state index in [1.165, 1.54) is 55.2 Å². The van der Waals surface area contributed by atoms with E-state index < -0.39 is 5.60 Å². The maximum atomic E-state index is 12.8. The maximum absolute atomic E-state index is 12.8. The average molecular weight is 304 g/mol. The number of hydrogen-bond donors (Lipinski definition) is 0. The number of aryl methyl sites for hydroxylation is 3. The summed E-state index contributed by atoms with van der Waals surface area (Å²) < 4.78 is 0. The molecule has 0 aliphatic heterocycles. The van der Waals surface area contributed by atoms with Crippen LogP contribution < -0.4 is 0 Å². The monoisotopic (exact) mass is 303 g/mol. The Kier molecular flexibility index (Phi) is 8.17. The predicted octanol–water partition coefficient (Wildman–Crippen LogP) is 6.38. The molecule has 1 rings (SSSR count). The summed E-state index contributed by atoms with van der Waals surface area (Å²) in [6.07, 6.45) is 10.4. The summed E-state index contributed by atoms with van der Waals surface area (Å²) in [6, 6.07) is 4.66. The van der Waals surface area contributed by atoms with Crippen molar-refractivity contribution >= 4 is 0 Å². The molecule has 1 aromatic carbocycles. The minimum atomic E-state index is -0.991. The summed E-state index contributed by atoms with van der Waals surface area (Å²) in [7, 11) is 0. The Bertz CT molecular complexity index is 411. The third kappa shape index (κ3) is 5.76. The molecule has 0 atom stereocenters. The zero-order valence-electron chi connectivity index (χ0n) is 15.4. The summed E-state index contributed by atoms with van der Waals surface area (Å²) >= 11 is 0. The van der Waals surface area contributed by atoms with Gasteiger partial charge >= 0.3 is 0 Å². The molecule has 125 valence electrons.